The Morgan fingerprint density at radius 1 is 1.19 bits per heavy atom. The highest BCUT2D eigenvalue weighted by atomic mass is 32.2. The molecule has 0 unspecified atom stereocenters. The van der Waals surface area contributed by atoms with Crippen LogP contribution in [0.15, 0.2) is 35.2 Å². The van der Waals surface area contributed by atoms with Gasteiger partial charge in [-0.05, 0) is 25.0 Å². The summed E-state index contributed by atoms with van der Waals surface area (Å²) < 4.78 is 23.3. The van der Waals surface area contributed by atoms with E-state index in [1.807, 2.05) is 0 Å². The van der Waals surface area contributed by atoms with Crippen molar-refractivity contribution in [1.82, 2.24) is 10.3 Å². The molecule has 16 heavy (non-hydrogen) atoms. The third-order valence-electron chi connectivity index (χ3n) is 2.31. The third-order valence-corrected chi connectivity index (χ3v) is 3.57. The molecule has 0 radical (unpaired) electrons. The molecule has 0 bridgehead atoms. The smallest absolute Gasteiger partial charge is 0.257 e. The van der Waals surface area contributed by atoms with Gasteiger partial charge in [0.15, 0.2) is 0 Å². The van der Waals surface area contributed by atoms with Crippen LogP contribution in [0.3, 0.4) is 0 Å². The number of hydrogen-bond acceptors (Lipinski definition) is 3. The summed E-state index contributed by atoms with van der Waals surface area (Å²) in [4.78, 5) is 13.4. The number of benzene rings is 1. The van der Waals surface area contributed by atoms with Gasteiger partial charge in [0.25, 0.3) is 10.0 Å². The first-order chi connectivity index (χ1) is 7.59. The zero-order chi connectivity index (χ0) is 11.6. The molecule has 0 spiro atoms. The molecule has 1 fully saturated rings. The van der Waals surface area contributed by atoms with Crippen LogP contribution >= 0.6 is 0 Å². The van der Waals surface area contributed by atoms with Crippen molar-refractivity contribution in [2.24, 2.45) is 5.92 Å². The number of carbonyl (C=O) groups is 1. The van der Waals surface area contributed by atoms with Gasteiger partial charge in [-0.1, -0.05) is 18.2 Å². The monoisotopic (exact) mass is 240 g/mol. The second kappa shape index (κ2) is 4.23. The number of sulfonamides is 1. The van der Waals surface area contributed by atoms with Crippen LogP contribution in [0.4, 0.5) is 0 Å². The van der Waals surface area contributed by atoms with Gasteiger partial charge in [0.2, 0.25) is 5.91 Å². The van der Waals surface area contributed by atoms with Gasteiger partial charge in [-0.25, -0.2) is 8.42 Å². The summed E-state index contributed by atoms with van der Waals surface area (Å²) in [6.07, 6.45) is 1.66. The van der Waals surface area contributed by atoms with Crippen molar-refractivity contribution >= 4 is 15.9 Å². The van der Waals surface area contributed by atoms with E-state index in [1.54, 1.807) is 18.2 Å². The Bertz CT molecular complexity index is 480. The summed E-state index contributed by atoms with van der Waals surface area (Å²) in [5.41, 5.74) is 2.21. The number of rotatable bonds is 4. The fraction of sp³-hybridized carbons (Fsp3) is 0.300. The normalized spacial score (nSPS) is 15.8. The molecule has 1 amide bonds. The van der Waals surface area contributed by atoms with E-state index in [1.165, 1.54) is 12.1 Å². The van der Waals surface area contributed by atoms with E-state index in [0.29, 0.717) is 0 Å². The van der Waals surface area contributed by atoms with E-state index in [2.05, 4.69) is 10.3 Å². The maximum atomic E-state index is 11.7. The van der Waals surface area contributed by atoms with Crippen LogP contribution in [0.1, 0.15) is 12.8 Å². The predicted octanol–water partition coefficient (Wildman–Crippen LogP) is 0.406. The second-order valence-corrected chi connectivity index (χ2v) is 5.36. The molecule has 1 aliphatic carbocycles. The Balaban J connectivity index is 2.00. The SMILES string of the molecule is O=C(NNS(=O)(=O)c1ccccc1)C1CC1. The van der Waals surface area contributed by atoms with Crippen LogP contribution in [-0.2, 0) is 14.8 Å². The number of amides is 1. The minimum atomic E-state index is -3.64. The van der Waals surface area contributed by atoms with Crippen LogP contribution < -0.4 is 10.3 Å². The van der Waals surface area contributed by atoms with E-state index in [4.69, 9.17) is 0 Å². The van der Waals surface area contributed by atoms with E-state index in [9.17, 15) is 13.2 Å². The quantitative estimate of drug-likeness (QED) is 0.748. The fourth-order valence-corrected chi connectivity index (χ4v) is 2.09. The van der Waals surface area contributed by atoms with Crippen LogP contribution in [0.2, 0.25) is 0 Å². The molecule has 0 aromatic heterocycles. The Morgan fingerprint density at radius 2 is 1.81 bits per heavy atom. The lowest BCUT2D eigenvalue weighted by Crippen LogP contribution is -2.42. The Morgan fingerprint density at radius 3 is 2.38 bits per heavy atom. The number of nitrogens with one attached hydrogen (secondary N) is 2. The molecule has 2 N–H and O–H groups in total. The molecule has 0 heterocycles. The topological polar surface area (TPSA) is 75.3 Å². The molecule has 0 saturated heterocycles. The molecule has 5 nitrogen and oxygen atoms in total. The van der Waals surface area contributed by atoms with E-state index in [-0.39, 0.29) is 16.7 Å². The van der Waals surface area contributed by atoms with Crippen molar-refractivity contribution < 1.29 is 13.2 Å². The second-order valence-electron chi connectivity index (χ2n) is 3.68. The molecule has 2 rings (SSSR count). The predicted molar refractivity (Wildman–Crippen MR) is 57.6 cm³/mol. The summed E-state index contributed by atoms with van der Waals surface area (Å²) >= 11 is 0. The lowest BCUT2D eigenvalue weighted by molar-refractivity contribution is -0.122. The fourth-order valence-electron chi connectivity index (χ4n) is 1.22. The Kier molecular flexibility index (Phi) is 2.93. The summed E-state index contributed by atoms with van der Waals surface area (Å²) in [5.74, 6) is -0.294. The third kappa shape index (κ3) is 2.59. The minimum Gasteiger partial charge on any atom is -0.277 e. The molecule has 1 aromatic rings. The average molecular weight is 240 g/mol. The highest BCUT2D eigenvalue weighted by molar-refractivity contribution is 7.89. The van der Waals surface area contributed by atoms with Gasteiger partial charge in [0.05, 0.1) is 4.90 Å². The summed E-state index contributed by atoms with van der Waals surface area (Å²) in [7, 11) is -3.64. The van der Waals surface area contributed by atoms with Gasteiger partial charge < -0.3 is 0 Å². The van der Waals surface area contributed by atoms with Gasteiger partial charge in [-0.15, -0.1) is 4.83 Å². The van der Waals surface area contributed by atoms with E-state index < -0.39 is 10.0 Å². The minimum absolute atomic E-state index is 0.0292. The summed E-state index contributed by atoms with van der Waals surface area (Å²) in [5, 5.41) is 0. The molecule has 1 aromatic carbocycles. The molecule has 86 valence electrons. The lowest BCUT2D eigenvalue weighted by Gasteiger charge is -2.07. The van der Waals surface area contributed by atoms with Crippen molar-refractivity contribution in [2.75, 3.05) is 0 Å². The number of carbonyl (C=O) groups excluding carboxylic acids is 1. The highest BCUT2D eigenvalue weighted by Crippen LogP contribution is 2.28. The first kappa shape index (κ1) is 11.1. The zero-order valence-electron chi connectivity index (χ0n) is 8.51. The first-order valence-corrected chi connectivity index (χ1v) is 6.44. The zero-order valence-corrected chi connectivity index (χ0v) is 9.33. The van der Waals surface area contributed by atoms with Crippen molar-refractivity contribution in [3.05, 3.63) is 30.3 Å². The van der Waals surface area contributed by atoms with Crippen molar-refractivity contribution in [3.63, 3.8) is 0 Å². The molecule has 0 aliphatic heterocycles. The molecule has 1 aliphatic rings. The number of hydrazine groups is 1. The average Bonchev–Trinajstić information content (AvgIpc) is 3.11. The van der Waals surface area contributed by atoms with Gasteiger partial charge >= 0.3 is 0 Å². The molecular formula is C10H12N2O3S. The molecule has 0 atom stereocenters. The standard InChI is InChI=1S/C10H12N2O3S/c13-10(8-6-7-8)11-12-16(14,15)9-4-2-1-3-5-9/h1-5,8,12H,6-7H2,(H,11,13). The number of hydrogen-bond donors (Lipinski definition) is 2. The van der Waals surface area contributed by atoms with Crippen LogP contribution in [0.25, 0.3) is 0 Å². The largest absolute Gasteiger partial charge is 0.277 e. The van der Waals surface area contributed by atoms with Crippen LogP contribution in [0.5, 0.6) is 0 Å². The van der Waals surface area contributed by atoms with Gasteiger partial charge in [-0.2, -0.15) is 0 Å². The van der Waals surface area contributed by atoms with Gasteiger partial charge in [-0.3, -0.25) is 10.2 Å². The van der Waals surface area contributed by atoms with Crippen molar-refractivity contribution in [3.8, 4) is 0 Å². The van der Waals surface area contributed by atoms with Gasteiger partial charge in [0.1, 0.15) is 0 Å². The molecule has 6 heteroatoms. The van der Waals surface area contributed by atoms with Crippen LogP contribution in [0, 0.1) is 5.92 Å². The summed E-state index contributed by atoms with van der Waals surface area (Å²) in [6.45, 7) is 0. The van der Waals surface area contributed by atoms with Crippen LogP contribution in [-0.4, -0.2) is 14.3 Å². The molecule has 1 saturated carbocycles. The highest BCUT2D eigenvalue weighted by Gasteiger charge is 2.30. The molecular weight excluding hydrogens is 228 g/mol. The van der Waals surface area contributed by atoms with Crippen molar-refractivity contribution in [2.45, 2.75) is 17.7 Å². The Labute approximate surface area is 93.9 Å². The maximum absolute atomic E-state index is 11.7. The van der Waals surface area contributed by atoms with Gasteiger partial charge in [0, 0.05) is 5.92 Å². The van der Waals surface area contributed by atoms with E-state index >= 15 is 0 Å². The van der Waals surface area contributed by atoms with E-state index in [0.717, 1.165) is 12.8 Å². The first-order valence-electron chi connectivity index (χ1n) is 4.96. The lowest BCUT2D eigenvalue weighted by atomic mass is 10.4. The summed E-state index contributed by atoms with van der Waals surface area (Å²) in [6, 6.07) is 7.90. The van der Waals surface area contributed by atoms with Crippen molar-refractivity contribution in [1.29, 1.82) is 0 Å². The maximum Gasteiger partial charge on any atom is 0.257 e. The Hall–Kier alpha value is -1.40.